The summed E-state index contributed by atoms with van der Waals surface area (Å²) in [5.41, 5.74) is 6.25. The maximum absolute atomic E-state index is 6.25. The maximum atomic E-state index is 6.25. The van der Waals surface area contributed by atoms with Gasteiger partial charge in [-0.15, -0.1) is 11.8 Å². The van der Waals surface area contributed by atoms with Crippen molar-refractivity contribution in [1.82, 2.24) is 0 Å². The normalized spacial score (nSPS) is 29.2. The summed E-state index contributed by atoms with van der Waals surface area (Å²) >= 11 is 5.47. The average Bonchev–Trinajstić information content (AvgIpc) is 2.32. The lowest BCUT2D eigenvalue weighted by Crippen LogP contribution is -2.38. The van der Waals surface area contributed by atoms with Crippen molar-refractivity contribution in [3.05, 3.63) is 28.7 Å². The van der Waals surface area contributed by atoms with Gasteiger partial charge in [-0.25, -0.2) is 0 Å². The van der Waals surface area contributed by atoms with Crippen molar-refractivity contribution in [3.63, 3.8) is 0 Å². The van der Waals surface area contributed by atoms with E-state index < -0.39 is 0 Å². The molecule has 94 valence electrons. The van der Waals surface area contributed by atoms with Crippen molar-refractivity contribution >= 4 is 27.7 Å². The van der Waals surface area contributed by atoms with Gasteiger partial charge in [0.25, 0.3) is 0 Å². The second-order valence-corrected chi connectivity index (χ2v) is 7.09. The fraction of sp³-hybridized carbons (Fsp3) is 0.571. The Morgan fingerprint density at radius 1 is 1.41 bits per heavy atom. The first-order valence-corrected chi connectivity index (χ1v) is 8.04. The second kappa shape index (κ2) is 6.26. The first kappa shape index (κ1) is 13.4. The number of nitrogens with two attached hydrogens (primary N) is 1. The van der Waals surface area contributed by atoms with Gasteiger partial charge < -0.3 is 5.73 Å². The molecule has 17 heavy (non-hydrogen) atoms. The van der Waals surface area contributed by atoms with Crippen LogP contribution in [-0.4, -0.2) is 11.3 Å². The number of hydrogen-bond donors (Lipinski definition) is 1. The van der Waals surface area contributed by atoms with Crippen molar-refractivity contribution < 1.29 is 0 Å². The van der Waals surface area contributed by atoms with E-state index >= 15 is 0 Å². The van der Waals surface area contributed by atoms with E-state index in [2.05, 4.69) is 47.1 Å². The van der Waals surface area contributed by atoms with E-state index in [0.717, 1.165) is 10.4 Å². The molecule has 1 aromatic rings. The number of thioether (sulfide) groups is 1. The molecule has 3 unspecified atom stereocenters. The van der Waals surface area contributed by atoms with Gasteiger partial charge in [0.1, 0.15) is 0 Å². The minimum atomic E-state index is 0.363. The Morgan fingerprint density at radius 2 is 2.24 bits per heavy atom. The molecule has 0 saturated heterocycles. The number of rotatable bonds is 3. The molecule has 1 nitrogen and oxygen atoms in total. The topological polar surface area (TPSA) is 26.0 Å². The highest BCUT2D eigenvalue weighted by molar-refractivity contribution is 9.10. The first-order chi connectivity index (χ1) is 8.19. The predicted octanol–water partition coefficient (Wildman–Crippen LogP) is 4.45. The smallest absolute Gasteiger partial charge is 0.0248 e. The van der Waals surface area contributed by atoms with Gasteiger partial charge in [-0.1, -0.05) is 35.3 Å². The molecule has 1 fully saturated rings. The largest absolute Gasteiger partial charge is 0.327 e. The molecule has 0 amide bonds. The van der Waals surface area contributed by atoms with Gasteiger partial charge in [0, 0.05) is 20.7 Å². The van der Waals surface area contributed by atoms with Crippen molar-refractivity contribution in [2.24, 2.45) is 11.7 Å². The Labute approximate surface area is 117 Å². The average molecular weight is 314 g/mol. The molecule has 0 heterocycles. The quantitative estimate of drug-likeness (QED) is 0.892. The van der Waals surface area contributed by atoms with Crippen LogP contribution in [0.15, 0.2) is 33.6 Å². The van der Waals surface area contributed by atoms with E-state index in [1.54, 1.807) is 0 Å². The summed E-state index contributed by atoms with van der Waals surface area (Å²) in [6.45, 7) is 2.29. The molecule has 1 aliphatic rings. The molecule has 1 saturated carbocycles. The summed E-state index contributed by atoms with van der Waals surface area (Å²) in [4.78, 5) is 1.33. The van der Waals surface area contributed by atoms with Crippen LogP contribution in [0.5, 0.6) is 0 Å². The van der Waals surface area contributed by atoms with Gasteiger partial charge in [0.05, 0.1) is 0 Å². The number of hydrogen-bond acceptors (Lipinski definition) is 2. The van der Waals surface area contributed by atoms with Crippen LogP contribution >= 0.6 is 27.7 Å². The minimum Gasteiger partial charge on any atom is -0.327 e. The Bertz CT molecular complexity index is 369. The van der Waals surface area contributed by atoms with Gasteiger partial charge in [-0.2, -0.15) is 0 Å². The Morgan fingerprint density at radius 3 is 2.94 bits per heavy atom. The van der Waals surface area contributed by atoms with Crippen LogP contribution in [0.4, 0.5) is 0 Å². The summed E-state index contributed by atoms with van der Waals surface area (Å²) in [5.74, 6) is 0.874. The molecule has 3 heteroatoms. The molecule has 1 aliphatic carbocycles. The van der Waals surface area contributed by atoms with E-state index in [9.17, 15) is 0 Å². The summed E-state index contributed by atoms with van der Waals surface area (Å²) < 4.78 is 1.15. The van der Waals surface area contributed by atoms with Crippen LogP contribution in [0.2, 0.25) is 0 Å². The SMILES string of the molecule is CCC1CCC(N)C(Sc2cccc(Br)c2)C1. The lowest BCUT2D eigenvalue weighted by atomic mass is 9.84. The van der Waals surface area contributed by atoms with Gasteiger partial charge in [-0.05, 0) is 43.4 Å². The second-order valence-electron chi connectivity index (χ2n) is 4.86. The van der Waals surface area contributed by atoms with Crippen LogP contribution in [-0.2, 0) is 0 Å². The molecule has 3 atom stereocenters. The molecule has 2 N–H and O–H groups in total. The van der Waals surface area contributed by atoms with E-state index in [1.165, 1.54) is 30.6 Å². The zero-order chi connectivity index (χ0) is 12.3. The highest BCUT2D eigenvalue weighted by atomic mass is 79.9. The lowest BCUT2D eigenvalue weighted by Gasteiger charge is -2.33. The molecular weight excluding hydrogens is 294 g/mol. The molecule has 1 aromatic carbocycles. The van der Waals surface area contributed by atoms with Gasteiger partial charge in [0.15, 0.2) is 0 Å². The van der Waals surface area contributed by atoms with Crippen molar-refractivity contribution in [2.45, 2.75) is 48.8 Å². The fourth-order valence-electron chi connectivity index (χ4n) is 2.46. The zero-order valence-electron chi connectivity index (χ0n) is 10.2. The third kappa shape index (κ3) is 3.73. The minimum absolute atomic E-state index is 0.363. The monoisotopic (exact) mass is 313 g/mol. The third-order valence-corrected chi connectivity index (χ3v) is 5.48. The standard InChI is InChI=1S/C14H20BrNS/c1-2-10-6-7-13(16)14(8-10)17-12-5-3-4-11(15)9-12/h3-5,9-10,13-14H,2,6-8,16H2,1H3. The molecule has 2 rings (SSSR count). The van der Waals surface area contributed by atoms with Gasteiger partial charge in [-0.3, -0.25) is 0 Å². The van der Waals surface area contributed by atoms with Crippen LogP contribution in [0.1, 0.15) is 32.6 Å². The molecule has 0 bridgehead atoms. The first-order valence-electron chi connectivity index (χ1n) is 6.37. The van der Waals surface area contributed by atoms with Gasteiger partial charge >= 0.3 is 0 Å². The van der Waals surface area contributed by atoms with Crippen molar-refractivity contribution in [2.75, 3.05) is 0 Å². The predicted molar refractivity (Wildman–Crippen MR) is 79.4 cm³/mol. The summed E-state index contributed by atoms with van der Waals surface area (Å²) in [7, 11) is 0. The van der Waals surface area contributed by atoms with Crippen molar-refractivity contribution in [3.8, 4) is 0 Å². The lowest BCUT2D eigenvalue weighted by molar-refractivity contribution is 0.327. The van der Waals surface area contributed by atoms with Gasteiger partial charge in [0.2, 0.25) is 0 Å². The summed E-state index contributed by atoms with van der Waals surface area (Å²) in [5, 5.41) is 0.586. The van der Waals surface area contributed by atoms with E-state index in [4.69, 9.17) is 5.73 Å². The zero-order valence-corrected chi connectivity index (χ0v) is 12.6. The Kier molecular flexibility index (Phi) is 4.95. The Hall–Kier alpha value is 0.01000. The molecular formula is C14H20BrNS. The van der Waals surface area contributed by atoms with Crippen LogP contribution < -0.4 is 5.73 Å². The molecule has 0 spiro atoms. The van der Waals surface area contributed by atoms with E-state index in [-0.39, 0.29) is 0 Å². The van der Waals surface area contributed by atoms with Crippen molar-refractivity contribution in [1.29, 1.82) is 0 Å². The Balaban J connectivity index is 2.01. The van der Waals surface area contributed by atoms with Crippen LogP contribution in [0.3, 0.4) is 0 Å². The molecule has 0 radical (unpaired) electrons. The molecule has 0 aliphatic heterocycles. The highest BCUT2D eigenvalue weighted by Gasteiger charge is 2.27. The van der Waals surface area contributed by atoms with E-state index in [0.29, 0.717) is 11.3 Å². The van der Waals surface area contributed by atoms with Crippen LogP contribution in [0, 0.1) is 5.92 Å². The maximum Gasteiger partial charge on any atom is 0.0248 e. The molecule has 0 aromatic heterocycles. The summed E-state index contributed by atoms with van der Waals surface area (Å²) in [6, 6.07) is 8.89. The van der Waals surface area contributed by atoms with E-state index in [1.807, 2.05) is 11.8 Å². The number of halogens is 1. The van der Waals surface area contributed by atoms with Crippen LogP contribution in [0.25, 0.3) is 0 Å². The third-order valence-electron chi connectivity index (χ3n) is 3.61. The fourth-order valence-corrected chi connectivity index (χ4v) is 4.39. The number of benzene rings is 1. The highest BCUT2D eigenvalue weighted by Crippen LogP contribution is 2.37. The summed E-state index contributed by atoms with van der Waals surface area (Å²) in [6.07, 6.45) is 5.06.